The minimum atomic E-state index is -1.24. The molecule has 1 aromatic heterocycles. The Morgan fingerprint density at radius 3 is 2.76 bits per heavy atom. The number of aromatic carboxylic acids is 1. The van der Waals surface area contributed by atoms with Crippen LogP contribution in [0.2, 0.25) is 0 Å². The fraction of sp³-hybridized carbons (Fsp3) is 0.0909. The Labute approximate surface area is 95.1 Å². The lowest BCUT2D eigenvalue weighted by Crippen LogP contribution is -2.22. The van der Waals surface area contributed by atoms with Gasteiger partial charge in [-0.3, -0.25) is 4.57 Å². The van der Waals surface area contributed by atoms with Gasteiger partial charge in [-0.2, -0.15) is 0 Å². The minimum Gasteiger partial charge on any atom is -0.477 e. The van der Waals surface area contributed by atoms with E-state index in [0.29, 0.717) is 0 Å². The van der Waals surface area contributed by atoms with Crippen molar-refractivity contribution in [2.45, 2.75) is 6.54 Å². The summed E-state index contributed by atoms with van der Waals surface area (Å²) in [5.74, 6) is -1.71. The first-order chi connectivity index (χ1) is 8.09. The van der Waals surface area contributed by atoms with Crippen LogP contribution in [0.3, 0.4) is 0 Å². The fourth-order valence-electron chi connectivity index (χ4n) is 1.53. The molecule has 0 saturated heterocycles. The van der Waals surface area contributed by atoms with Gasteiger partial charge in [-0.05, 0) is 6.07 Å². The molecule has 2 N–H and O–H groups in total. The van der Waals surface area contributed by atoms with E-state index in [9.17, 15) is 14.0 Å². The van der Waals surface area contributed by atoms with Crippen molar-refractivity contribution >= 4 is 5.97 Å². The Morgan fingerprint density at radius 1 is 1.41 bits per heavy atom. The van der Waals surface area contributed by atoms with Gasteiger partial charge in [-0.1, -0.05) is 18.2 Å². The number of carboxylic acid groups (broad SMARTS) is 1. The third-order valence-corrected chi connectivity index (χ3v) is 2.37. The van der Waals surface area contributed by atoms with Gasteiger partial charge in [0, 0.05) is 11.8 Å². The lowest BCUT2D eigenvalue weighted by molar-refractivity contribution is 0.0685. The van der Waals surface area contributed by atoms with Crippen molar-refractivity contribution in [2.75, 3.05) is 0 Å². The van der Waals surface area contributed by atoms with Crippen molar-refractivity contribution in [2.24, 2.45) is 0 Å². The van der Waals surface area contributed by atoms with Crippen molar-refractivity contribution in [3.05, 3.63) is 58.0 Å². The Morgan fingerprint density at radius 2 is 2.12 bits per heavy atom. The number of halogens is 1. The topological polar surface area (TPSA) is 75.1 Å². The zero-order valence-corrected chi connectivity index (χ0v) is 8.68. The van der Waals surface area contributed by atoms with Gasteiger partial charge in [0.1, 0.15) is 11.5 Å². The van der Waals surface area contributed by atoms with Crippen molar-refractivity contribution in [1.29, 1.82) is 0 Å². The van der Waals surface area contributed by atoms with Gasteiger partial charge >= 0.3 is 11.7 Å². The van der Waals surface area contributed by atoms with Crippen LogP contribution in [0.1, 0.15) is 16.1 Å². The molecule has 0 bridgehead atoms. The first-order valence-corrected chi connectivity index (χ1v) is 4.84. The molecule has 0 saturated carbocycles. The summed E-state index contributed by atoms with van der Waals surface area (Å²) in [5, 5.41) is 8.85. The standard InChI is InChI=1S/C11H9FN2O3/c12-8-4-2-1-3-7(8)6-14-9(10(15)16)5-13-11(14)17/h1-5H,6H2,(H,13,17)(H,15,16). The molecule has 6 heteroatoms. The predicted molar refractivity (Wildman–Crippen MR) is 57.5 cm³/mol. The maximum absolute atomic E-state index is 13.4. The number of hydrogen-bond donors (Lipinski definition) is 2. The third-order valence-electron chi connectivity index (χ3n) is 2.37. The molecule has 2 rings (SSSR count). The van der Waals surface area contributed by atoms with E-state index >= 15 is 0 Å². The Hall–Kier alpha value is -2.37. The lowest BCUT2D eigenvalue weighted by atomic mass is 10.2. The fourth-order valence-corrected chi connectivity index (χ4v) is 1.53. The Bertz CT molecular complexity index is 615. The van der Waals surface area contributed by atoms with Crippen molar-refractivity contribution in [3.63, 3.8) is 0 Å². The molecule has 2 aromatic rings. The van der Waals surface area contributed by atoms with Crippen molar-refractivity contribution < 1.29 is 14.3 Å². The largest absolute Gasteiger partial charge is 0.477 e. The van der Waals surface area contributed by atoms with Gasteiger partial charge in [-0.25, -0.2) is 14.0 Å². The molecule has 88 valence electrons. The minimum absolute atomic E-state index is 0.114. The summed E-state index contributed by atoms with van der Waals surface area (Å²) in [5.41, 5.74) is -0.513. The second-order valence-corrected chi connectivity index (χ2v) is 3.46. The van der Waals surface area contributed by atoms with Crippen LogP contribution < -0.4 is 5.69 Å². The predicted octanol–water partition coefficient (Wildman–Crippen LogP) is 1.06. The van der Waals surface area contributed by atoms with Crippen LogP contribution in [0.15, 0.2) is 35.3 Å². The molecule has 0 radical (unpaired) electrons. The highest BCUT2D eigenvalue weighted by Crippen LogP contribution is 2.08. The number of hydrogen-bond acceptors (Lipinski definition) is 2. The average molecular weight is 236 g/mol. The van der Waals surface area contributed by atoms with Gasteiger partial charge in [0.05, 0.1) is 6.54 Å². The van der Waals surface area contributed by atoms with E-state index in [1.54, 1.807) is 6.07 Å². The van der Waals surface area contributed by atoms with Crippen molar-refractivity contribution in [1.82, 2.24) is 9.55 Å². The zero-order chi connectivity index (χ0) is 12.4. The summed E-state index contributed by atoms with van der Waals surface area (Å²) in [6, 6.07) is 5.90. The maximum atomic E-state index is 13.4. The first-order valence-electron chi connectivity index (χ1n) is 4.84. The summed E-state index contributed by atoms with van der Waals surface area (Å²) in [6.45, 7) is -0.114. The molecule has 1 aromatic carbocycles. The zero-order valence-electron chi connectivity index (χ0n) is 8.68. The number of rotatable bonds is 3. The smallest absolute Gasteiger partial charge is 0.354 e. The van der Waals surface area contributed by atoms with Crippen LogP contribution in [0.25, 0.3) is 0 Å². The molecule has 0 unspecified atom stereocenters. The summed E-state index contributed by atoms with van der Waals surface area (Å²) < 4.78 is 14.3. The molecule has 0 atom stereocenters. The van der Waals surface area contributed by atoms with Crippen LogP contribution in [0.4, 0.5) is 4.39 Å². The second-order valence-electron chi connectivity index (χ2n) is 3.46. The van der Waals surface area contributed by atoms with E-state index in [1.165, 1.54) is 18.2 Å². The van der Waals surface area contributed by atoms with E-state index in [1.807, 2.05) is 0 Å². The number of nitrogens with one attached hydrogen (secondary N) is 1. The molecule has 17 heavy (non-hydrogen) atoms. The number of benzene rings is 1. The van der Waals surface area contributed by atoms with Gasteiger partial charge in [0.15, 0.2) is 0 Å². The molecule has 1 heterocycles. The number of H-pyrrole nitrogens is 1. The summed E-state index contributed by atoms with van der Waals surface area (Å²) in [4.78, 5) is 24.5. The summed E-state index contributed by atoms with van der Waals surface area (Å²) in [6.07, 6.45) is 1.09. The molecule has 0 amide bonds. The van der Waals surface area contributed by atoms with E-state index in [-0.39, 0.29) is 17.8 Å². The molecule has 0 spiro atoms. The summed E-state index contributed by atoms with van der Waals surface area (Å²) >= 11 is 0. The van der Waals surface area contributed by atoms with Crippen LogP contribution in [-0.2, 0) is 6.54 Å². The molecule has 0 fully saturated rings. The number of carboxylic acids is 1. The van der Waals surface area contributed by atoms with E-state index in [2.05, 4.69) is 4.98 Å². The number of imidazole rings is 1. The molecule has 5 nitrogen and oxygen atoms in total. The van der Waals surface area contributed by atoms with Crippen LogP contribution in [-0.4, -0.2) is 20.6 Å². The number of aromatic nitrogens is 2. The maximum Gasteiger partial charge on any atom is 0.354 e. The number of nitrogens with zero attached hydrogens (tertiary/aromatic N) is 1. The highest BCUT2D eigenvalue weighted by Gasteiger charge is 2.14. The highest BCUT2D eigenvalue weighted by molar-refractivity contribution is 5.85. The van der Waals surface area contributed by atoms with Gasteiger partial charge < -0.3 is 10.1 Å². The highest BCUT2D eigenvalue weighted by atomic mass is 19.1. The van der Waals surface area contributed by atoms with E-state index in [0.717, 1.165) is 10.8 Å². The third kappa shape index (κ3) is 2.10. The van der Waals surface area contributed by atoms with E-state index < -0.39 is 17.5 Å². The van der Waals surface area contributed by atoms with Gasteiger partial charge in [0.25, 0.3) is 0 Å². The van der Waals surface area contributed by atoms with Gasteiger partial charge in [-0.15, -0.1) is 0 Å². The monoisotopic (exact) mass is 236 g/mol. The SMILES string of the molecule is O=C(O)c1c[nH]c(=O)n1Cc1ccccc1F. The Balaban J connectivity index is 2.43. The van der Waals surface area contributed by atoms with Gasteiger partial charge in [0.2, 0.25) is 0 Å². The number of carbonyl (C=O) groups is 1. The van der Waals surface area contributed by atoms with Crippen molar-refractivity contribution in [3.8, 4) is 0 Å². The first kappa shape index (κ1) is 11.1. The normalized spacial score (nSPS) is 10.4. The second kappa shape index (κ2) is 4.25. The average Bonchev–Trinajstić information content (AvgIpc) is 2.64. The molecule has 0 aliphatic heterocycles. The lowest BCUT2D eigenvalue weighted by Gasteiger charge is -2.05. The van der Waals surface area contributed by atoms with Crippen LogP contribution in [0, 0.1) is 5.82 Å². The molecular weight excluding hydrogens is 227 g/mol. The summed E-state index contributed by atoms with van der Waals surface area (Å²) in [7, 11) is 0. The molecular formula is C11H9FN2O3. The Kier molecular flexibility index (Phi) is 2.78. The molecule has 0 aliphatic rings. The van der Waals surface area contributed by atoms with Crippen LogP contribution >= 0.6 is 0 Å². The quantitative estimate of drug-likeness (QED) is 0.836. The number of aromatic amines is 1. The molecule has 0 aliphatic carbocycles. The van der Waals surface area contributed by atoms with Crippen LogP contribution in [0.5, 0.6) is 0 Å². The van der Waals surface area contributed by atoms with E-state index in [4.69, 9.17) is 5.11 Å².